The Morgan fingerprint density at radius 2 is 1.80 bits per heavy atom. The summed E-state index contributed by atoms with van der Waals surface area (Å²) in [6.07, 6.45) is 3.00. The van der Waals surface area contributed by atoms with Crippen LogP contribution in [-0.2, 0) is 4.74 Å². The van der Waals surface area contributed by atoms with Crippen LogP contribution in [0.5, 0.6) is 0 Å². The number of rotatable bonds is 5. The van der Waals surface area contributed by atoms with Crippen LogP contribution in [0.4, 0.5) is 13.2 Å². The Morgan fingerprint density at radius 3 is 2.35 bits per heavy atom. The Labute approximate surface area is 119 Å². The lowest BCUT2D eigenvalue weighted by atomic mass is 9.57. The third-order valence-electron chi connectivity index (χ3n) is 4.97. The summed E-state index contributed by atoms with van der Waals surface area (Å²) in [7, 11) is 0. The number of hydrogen-bond donors (Lipinski definition) is 1. The van der Waals surface area contributed by atoms with Crippen molar-refractivity contribution in [3.8, 4) is 0 Å². The van der Waals surface area contributed by atoms with E-state index in [2.05, 4.69) is 12.2 Å². The predicted molar refractivity (Wildman–Crippen MR) is 72.6 cm³/mol. The minimum Gasteiger partial charge on any atom is -0.377 e. The van der Waals surface area contributed by atoms with Crippen LogP contribution in [0.15, 0.2) is 0 Å². The molecule has 2 aliphatic rings. The van der Waals surface area contributed by atoms with E-state index in [1.807, 2.05) is 0 Å². The number of ether oxygens (including phenoxy) is 1. The van der Waals surface area contributed by atoms with E-state index in [1.54, 1.807) is 0 Å². The fraction of sp³-hybridized carbons (Fsp3) is 1.00. The monoisotopic (exact) mass is 293 g/mol. The van der Waals surface area contributed by atoms with Crippen molar-refractivity contribution in [2.75, 3.05) is 13.2 Å². The number of hydrogen-bond acceptors (Lipinski definition) is 2. The van der Waals surface area contributed by atoms with Gasteiger partial charge in [-0.25, -0.2) is 0 Å². The van der Waals surface area contributed by atoms with Gasteiger partial charge < -0.3 is 10.1 Å². The molecule has 2 rings (SSSR count). The highest BCUT2D eigenvalue weighted by Crippen LogP contribution is 2.52. The fourth-order valence-corrected chi connectivity index (χ4v) is 3.89. The van der Waals surface area contributed by atoms with E-state index in [-0.39, 0.29) is 18.1 Å². The fourth-order valence-electron chi connectivity index (χ4n) is 3.89. The molecule has 0 radical (unpaired) electrons. The van der Waals surface area contributed by atoms with Gasteiger partial charge in [-0.1, -0.05) is 32.6 Å². The molecular formula is C15H26F3NO. The molecule has 0 saturated heterocycles. The minimum absolute atomic E-state index is 0.0204. The lowest BCUT2D eigenvalue weighted by Gasteiger charge is -2.56. The summed E-state index contributed by atoms with van der Waals surface area (Å²) >= 11 is 0. The summed E-state index contributed by atoms with van der Waals surface area (Å²) in [4.78, 5) is 0. The second-order valence-corrected chi connectivity index (χ2v) is 6.22. The molecule has 2 atom stereocenters. The summed E-state index contributed by atoms with van der Waals surface area (Å²) in [6.45, 7) is 2.82. The summed E-state index contributed by atoms with van der Waals surface area (Å²) in [5.41, 5.74) is 0.0953. The zero-order valence-electron chi connectivity index (χ0n) is 12.3. The number of halogens is 3. The first-order chi connectivity index (χ1) is 9.48. The molecule has 0 aromatic heterocycles. The summed E-state index contributed by atoms with van der Waals surface area (Å²) in [5, 5.41) is 3.50. The summed E-state index contributed by atoms with van der Waals surface area (Å²) in [6, 6.07) is 0.432. The van der Waals surface area contributed by atoms with E-state index < -0.39 is 12.6 Å². The molecule has 0 bridgehead atoms. The van der Waals surface area contributed by atoms with Crippen LogP contribution in [0.3, 0.4) is 0 Å². The zero-order chi connectivity index (χ0) is 14.6. The molecule has 0 amide bonds. The number of alkyl halides is 3. The maximum atomic E-state index is 12.2. The van der Waals surface area contributed by atoms with E-state index >= 15 is 0 Å². The third-order valence-corrected chi connectivity index (χ3v) is 4.97. The largest absolute Gasteiger partial charge is 0.391 e. The molecule has 2 fully saturated rings. The van der Waals surface area contributed by atoms with E-state index in [0.29, 0.717) is 6.04 Å². The standard InChI is InChI=1S/C15H26F3NO/c1-2-19-12-11-13(20-10-9-15(16,17)18)14(12)7-5-3-4-6-8-14/h12-13,19H,2-11H2,1H3. The van der Waals surface area contributed by atoms with Crippen LogP contribution >= 0.6 is 0 Å². The van der Waals surface area contributed by atoms with Crippen molar-refractivity contribution in [3.63, 3.8) is 0 Å². The molecular weight excluding hydrogens is 267 g/mol. The second kappa shape index (κ2) is 6.65. The molecule has 118 valence electrons. The molecule has 0 aliphatic heterocycles. The van der Waals surface area contributed by atoms with Crippen LogP contribution in [0.1, 0.15) is 58.3 Å². The van der Waals surface area contributed by atoms with Gasteiger partial charge in [0.05, 0.1) is 19.1 Å². The van der Waals surface area contributed by atoms with Crippen molar-refractivity contribution in [1.82, 2.24) is 5.32 Å². The zero-order valence-corrected chi connectivity index (χ0v) is 12.3. The quantitative estimate of drug-likeness (QED) is 0.826. The molecule has 5 heteroatoms. The lowest BCUT2D eigenvalue weighted by molar-refractivity contribution is -0.180. The van der Waals surface area contributed by atoms with Crippen molar-refractivity contribution in [2.45, 2.75) is 76.6 Å². The summed E-state index contributed by atoms with van der Waals surface area (Å²) in [5.74, 6) is 0. The SMILES string of the molecule is CCNC1CC(OCCC(F)(F)F)C12CCCCCC2. The van der Waals surface area contributed by atoms with E-state index in [4.69, 9.17) is 4.74 Å². The van der Waals surface area contributed by atoms with Crippen molar-refractivity contribution in [3.05, 3.63) is 0 Å². The molecule has 2 saturated carbocycles. The van der Waals surface area contributed by atoms with Gasteiger partial charge in [0, 0.05) is 11.5 Å². The molecule has 20 heavy (non-hydrogen) atoms. The third kappa shape index (κ3) is 3.67. The summed E-state index contributed by atoms with van der Waals surface area (Å²) < 4.78 is 42.3. The topological polar surface area (TPSA) is 21.3 Å². The van der Waals surface area contributed by atoms with Gasteiger partial charge in [-0.3, -0.25) is 0 Å². The minimum atomic E-state index is -4.11. The lowest BCUT2D eigenvalue weighted by Crippen LogP contribution is -2.63. The van der Waals surface area contributed by atoms with E-state index in [1.165, 1.54) is 25.7 Å². The Hall–Kier alpha value is -0.290. The normalized spacial score (nSPS) is 30.0. The van der Waals surface area contributed by atoms with Crippen LogP contribution < -0.4 is 5.32 Å². The van der Waals surface area contributed by atoms with Crippen molar-refractivity contribution < 1.29 is 17.9 Å². The first-order valence-electron chi connectivity index (χ1n) is 7.90. The van der Waals surface area contributed by atoms with Gasteiger partial charge in [0.2, 0.25) is 0 Å². The first-order valence-corrected chi connectivity index (χ1v) is 7.90. The average Bonchev–Trinajstić information content (AvgIpc) is 2.63. The highest BCUT2D eigenvalue weighted by molar-refractivity contribution is 5.08. The highest BCUT2D eigenvalue weighted by atomic mass is 19.4. The first kappa shape index (κ1) is 16.1. The van der Waals surface area contributed by atoms with E-state index in [9.17, 15) is 13.2 Å². The van der Waals surface area contributed by atoms with Crippen LogP contribution in [0.2, 0.25) is 0 Å². The van der Waals surface area contributed by atoms with Crippen molar-refractivity contribution in [2.24, 2.45) is 5.41 Å². The Balaban J connectivity index is 1.91. The van der Waals surface area contributed by atoms with Gasteiger partial charge in [0.1, 0.15) is 0 Å². The predicted octanol–water partition coefficient (Wildman–Crippen LogP) is 4.05. The average molecular weight is 293 g/mol. The Morgan fingerprint density at radius 1 is 1.15 bits per heavy atom. The van der Waals surface area contributed by atoms with Gasteiger partial charge in [-0.2, -0.15) is 13.2 Å². The van der Waals surface area contributed by atoms with Crippen molar-refractivity contribution in [1.29, 1.82) is 0 Å². The van der Waals surface area contributed by atoms with Crippen LogP contribution in [-0.4, -0.2) is 31.5 Å². The second-order valence-electron chi connectivity index (χ2n) is 6.22. The van der Waals surface area contributed by atoms with Gasteiger partial charge in [-0.05, 0) is 25.8 Å². The molecule has 2 unspecified atom stereocenters. The smallest absolute Gasteiger partial charge is 0.377 e. The highest BCUT2D eigenvalue weighted by Gasteiger charge is 2.54. The molecule has 1 N–H and O–H groups in total. The van der Waals surface area contributed by atoms with Crippen LogP contribution in [0, 0.1) is 5.41 Å². The van der Waals surface area contributed by atoms with Crippen LogP contribution in [0.25, 0.3) is 0 Å². The maximum Gasteiger partial charge on any atom is 0.391 e. The molecule has 2 nitrogen and oxygen atoms in total. The van der Waals surface area contributed by atoms with Gasteiger partial charge in [-0.15, -0.1) is 0 Å². The maximum absolute atomic E-state index is 12.2. The molecule has 0 aromatic carbocycles. The van der Waals surface area contributed by atoms with Gasteiger partial charge >= 0.3 is 6.18 Å². The Bertz CT molecular complexity index is 298. The van der Waals surface area contributed by atoms with E-state index in [0.717, 1.165) is 25.8 Å². The molecule has 2 aliphatic carbocycles. The number of nitrogens with one attached hydrogen (secondary N) is 1. The van der Waals surface area contributed by atoms with Gasteiger partial charge in [0.15, 0.2) is 0 Å². The molecule has 0 heterocycles. The molecule has 1 spiro atoms. The Kier molecular flexibility index (Phi) is 5.35. The van der Waals surface area contributed by atoms with Gasteiger partial charge in [0.25, 0.3) is 0 Å². The molecule has 0 aromatic rings. The van der Waals surface area contributed by atoms with Crippen molar-refractivity contribution >= 4 is 0 Å².